The maximum Gasteiger partial charge on any atom is 0.414 e. The maximum absolute atomic E-state index is 13.0. The van der Waals surface area contributed by atoms with Crippen LogP contribution in [0.2, 0.25) is 0 Å². The van der Waals surface area contributed by atoms with Crippen molar-refractivity contribution >= 4 is 28.0 Å². The highest BCUT2D eigenvalue weighted by Crippen LogP contribution is 2.31. The highest BCUT2D eigenvalue weighted by molar-refractivity contribution is 6.05. The van der Waals surface area contributed by atoms with Gasteiger partial charge in [-0.05, 0) is 24.5 Å². The van der Waals surface area contributed by atoms with Gasteiger partial charge in [0.05, 0.1) is 11.6 Å². The van der Waals surface area contributed by atoms with Crippen molar-refractivity contribution in [1.29, 1.82) is 0 Å². The van der Waals surface area contributed by atoms with Crippen LogP contribution in [0.5, 0.6) is 5.75 Å². The number of carbonyl (C=O) groups excluding carboxylic acids is 1. The van der Waals surface area contributed by atoms with Crippen molar-refractivity contribution in [1.82, 2.24) is 9.47 Å². The molecular formula is C18H16N2O5. The molecule has 0 saturated heterocycles. The number of pyridine rings is 1. The van der Waals surface area contributed by atoms with Gasteiger partial charge in [-0.2, -0.15) is 0 Å². The Kier molecular flexibility index (Phi) is 3.38. The molecule has 0 atom stereocenters. The zero-order valence-corrected chi connectivity index (χ0v) is 13.9. The number of nitrogens with zero attached hydrogens (tertiary/aromatic N) is 2. The Hall–Kier alpha value is -3.09. The lowest BCUT2D eigenvalue weighted by atomic mass is 10.00. The summed E-state index contributed by atoms with van der Waals surface area (Å²) in [6.07, 6.45) is 1.04. The van der Waals surface area contributed by atoms with E-state index < -0.39 is 11.7 Å². The topological polar surface area (TPSA) is 81.8 Å². The fraction of sp³-hybridized carbons (Fsp3) is 0.278. The van der Waals surface area contributed by atoms with Gasteiger partial charge in [0, 0.05) is 26.0 Å². The summed E-state index contributed by atoms with van der Waals surface area (Å²) in [4.78, 5) is 38.2. The largest absolute Gasteiger partial charge is 0.422 e. The van der Waals surface area contributed by atoms with Crippen LogP contribution in [0.15, 0.2) is 38.3 Å². The number of amides is 1. The molecule has 7 heteroatoms. The van der Waals surface area contributed by atoms with Gasteiger partial charge in [0.2, 0.25) is 0 Å². The second-order valence-corrected chi connectivity index (χ2v) is 6.27. The van der Waals surface area contributed by atoms with E-state index in [0.29, 0.717) is 11.9 Å². The Balaban J connectivity index is 2.15. The normalized spacial score (nSPS) is 13.2. The van der Waals surface area contributed by atoms with Crippen LogP contribution < -0.4 is 15.9 Å². The van der Waals surface area contributed by atoms with E-state index in [1.165, 1.54) is 19.0 Å². The lowest BCUT2D eigenvalue weighted by Gasteiger charge is -2.20. The zero-order chi connectivity index (χ0) is 17.7. The number of carbonyl (C=O) groups is 1. The molecule has 0 unspecified atom stereocenters. The van der Waals surface area contributed by atoms with E-state index in [2.05, 4.69) is 0 Å². The first-order chi connectivity index (χ1) is 12.0. The van der Waals surface area contributed by atoms with Gasteiger partial charge in [0.25, 0.3) is 5.56 Å². The molecule has 1 aliphatic rings. The van der Waals surface area contributed by atoms with Gasteiger partial charge < -0.3 is 18.6 Å². The van der Waals surface area contributed by atoms with Gasteiger partial charge in [0.1, 0.15) is 5.39 Å². The first-order valence-electron chi connectivity index (χ1n) is 7.99. The number of fused-ring (bicyclic) bond motifs is 2. The Labute approximate surface area is 142 Å². The van der Waals surface area contributed by atoms with Crippen LogP contribution >= 0.6 is 0 Å². The molecule has 25 heavy (non-hydrogen) atoms. The van der Waals surface area contributed by atoms with E-state index in [1.54, 1.807) is 4.57 Å². The number of para-hydroxylation sites is 1. The summed E-state index contributed by atoms with van der Waals surface area (Å²) in [5, 5.41) is 0.785. The summed E-state index contributed by atoms with van der Waals surface area (Å²) >= 11 is 0. The minimum Gasteiger partial charge on any atom is -0.422 e. The third-order valence-electron chi connectivity index (χ3n) is 4.41. The minimum absolute atomic E-state index is 0.0726. The van der Waals surface area contributed by atoms with E-state index in [-0.39, 0.29) is 22.3 Å². The second kappa shape index (κ2) is 5.47. The van der Waals surface area contributed by atoms with Gasteiger partial charge >= 0.3 is 11.7 Å². The molecule has 0 saturated carbocycles. The van der Waals surface area contributed by atoms with Crippen LogP contribution in [0.25, 0.3) is 21.9 Å². The average Bonchev–Trinajstić information content (AvgIpc) is 2.58. The van der Waals surface area contributed by atoms with Crippen LogP contribution in [0.1, 0.15) is 12.0 Å². The Morgan fingerprint density at radius 3 is 2.84 bits per heavy atom. The molecule has 2 aromatic heterocycles. The van der Waals surface area contributed by atoms with E-state index in [0.717, 1.165) is 30.0 Å². The summed E-state index contributed by atoms with van der Waals surface area (Å²) in [5.74, 6) is -0.0726. The van der Waals surface area contributed by atoms with E-state index >= 15 is 0 Å². The summed E-state index contributed by atoms with van der Waals surface area (Å²) < 4.78 is 12.3. The van der Waals surface area contributed by atoms with Crippen molar-refractivity contribution in [3.8, 4) is 5.75 Å². The third-order valence-corrected chi connectivity index (χ3v) is 4.41. The van der Waals surface area contributed by atoms with Crippen molar-refractivity contribution in [2.45, 2.75) is 19.4 Å². The average molecular weight is 340 g/mol. The van der Waals surface area contributed by atoms with Crippen LogP contribution in [-0.4, -0.2) is 29.7 Å². The number of ether oxygens (including phenoxy) is 1. The Morgan fingerprint density at radius 1 is 1.28 bits per heavy atom. The predicted molar refractivity (Wildman–Crippen MR) is 92.3 cm³/mol. The third kappa shape index (κ3) is 2.31. The molecule has 1 aliphatic heterocycles. The first kappa shape index (κ1) is 15.4. The molecule has 1 aromatic carbocycles. The van der Waals surface area contributed by atoms with Gasteiger partial charge in [-0.1, -0.05) is 12.1 Å². The van der Waals surface area contributed by atoms with E-state index in [1.807, 2.05) is 18.2 Å². The van der Waals surface area contributed by atoms with Gasteiger partial charge in [-0.3, -0.25) is 4.79 Å². The fourth-order valence-corrected chi connectivity index (χ4v) is 3.30. The van der Waals surface area contributed by atoms with Crippen molar-refractivity contribution < 1.29 is 13.9 Å². The fourth-order valence-electron chi connectivity index (χ4n) is 3.30. The molecule has 0 N–H and O–H groups in total. The minimum atomic E-state index is -0.671. The Morgan fingerprint density at radius 2 is 2.08 bits per heavy atom. The molecule has 0 spiro atoms. The van der Waals surface area contributed by atoms with Gasteiger partial charge in [0.15, 0.2) is 11.3 Å². The van der Waals surface area contributed by atoms with Crippen molar-refractivity contribution in [2.24, 2.45) is 0 Å². The molecule has 128 valence electrons. The smallest absolute Gasteiger partial charge is 0.414 e. The second-order valence-electron chi connectivity index (χ2n) is 6.27. The SMILES string of the molecule is CN(C)C(=O)Oc1cc(=O)oc2c1c(=O)n1c3c(cccc23)CCC1. The number of hydrogen-bond donors (Lipinski definition) is 0. The molecule has 0 bridgehead atoms. The number of aromatic nitrogens is 1. The van der Waals surface area contributed by atoms with Crippen LogP contribution in [0.3, 0.4) is 0 Å². The summed E-state index contributed by atoms with van der Waals surface area (Å²) in [5.41, 5.74) is 0.996. The number of benzene rings is 1. The first-order valence-corrected chi connectivity index (χ1v) is 7.99. The number of rotatable bonds is 1. The maximum atomic E-state index is 13.0. The quantitative estimate of drug-likeness (QED) is 0.634. The molecule has 0 aliphatic carbocycles. The molecule has 7 nitrogen and oxygen atoms in total. The monoisotopic (exact) mass is 340 g/mol. The zero-order valence-electron chi connectivity index (χ0n) is 13.9. The molecule has 3 heterocycles. The van der Waals surface area contributed by atoms with Crippen molar-refractivity contribution in [3.05, 3.63) is 50.6 Å². The van der Waals surface area contributed by atoms with Crippen LogP contribution in [-0.2, 0) is 13.0 Å². The molecule has 0 fully saturated rings. The molecule has 3 aromatic rings. The summed E-state index contributed by atoms with van der Waals surface area (Å²) in [6, 6.07) is 6.69. The van der Waals surface area contributed by atoms with Gasteiger partial charge in [-0.15, -0.1) is 0 Å². The molecular weight excluding hydrogens is 324 g/mol. The van der Waals surface area contributed by atoms with Crippen LogP contribution in [0.4, 0.5) is 4.79 Å². The Bertz CT molecular complexity index is 1140. The lowest BCUT2D eigenvalue weighted by Crippen LogP contribution is -2.28. The van der Waals surface area contributed by atoms with E-state index in [4.69, 9.17) is 9.15 Å². The highest BCUT2D eigenvalue weighted by Gasteiger charge is 2.23. The van der Waals surface area contributed by atoms with Gasteiger partial charge in [-0.25, -0.2) is 9.59 Å². The summed E-state index contributed by atoms with van der Waals surface area (Å²) in [7, 11) is 3.04. The number of hydrogen-bond acceptors (Lipinski definition) is 5. The number of aryl methyl sites for hydroxylation is 2. The van der Waals surface area contributed by atoms with Crippen LogP contribution in [0, 0.1) is 0 Å². The standard InChI is InChI=1S/C18H16N2O5/c1-19(2)18(23)24-12-9-13(21)25-16-11-7-3-5-10-6-4-8-20(15(10)11)17(22)14(12)16/h3,5,7,9H,4,6,8H2,1-2H3. The summed E-state index contributed by atoms with van der Waals surface area (Å²) in [6.45, 7) is 0.572. The molecule has 1 amide bonds. The van der Waals surface area contributed by atoms with Crippen molar-refractivity contribution in [2.75, 3.05) is 14.1 Å². The van der Waals surface area contributed by atoms with Crippen molar-refractivity contribution in [3.63, 3.8) is 0 Å². The molecule has 4 rings (SSSR count). The predicted octanol–water partition coefficient (Wildman–Crippen LogP) is 2.11. The van der Waals surface area contributed by atoms with E-state index in [9.17, 15) is 14.4 Å². The highest BCUT2D eigenvalue weighted by atomic mass is 16.6. The molecule has 0 radical (unpaired) electrons. The lowest BCUT2D eigenvalue weighted by molar-refractivity contribution is 0.172.